The third-order valence-electron chi connectivity index (χ3n) is 5.38. The molecular weight excluding hydrogens is 511 g/mol. The van der Waals surface area contributed by atoms with Gasteiger partial charge in [0.05, 0.1) is 24.7 Å². The van der Waals surface area contributed by atoms with Crippen LogP contribution in [-0.2, 0) is 11.2 Å². The summed E-state index contributed by atoms with van der Waals surface area (Å²) < 4.78 is 21.7. The van der Waals surface area contributed by atoms with Gasteiger partial charge in [0, 0.05) is 26.1 Å². The van der Waals surface area contributed by atoms with E-state index >= 15 is 0 Å². The van der Waals surface area contributed by atoms with Crippen molar-refractivity contribution >= 4 is 55.9 Å². The summed E-state index contributed by atoms with van der Waals surface area (Å²) in [4.78, 5) is 26.2. The molecule has 33 heavy (non-hydrogen) atoms. The minimum Gasteiger partial charge on any atom is -0.497 e. The molecule has 0 saturated heterocycles. The van der Waals surface area contributed by atoms with E-state index in [0.717, 1.165) is 0 Å². The van der Waals surface area contributed by atoms with Gasteiger partial charge in [-0.15, -0.1) is 0 Å². The number of hydrogen-bond acceptors (Lipinski definition) is 3. The van der Waals surface area contributed by atoms with Crippen LogP contribution < -0.4 is 10.1 Å². The molecule has 4 aromatic rings. The number of carbonyl (C=O) groups excluding carboxylic acids is 2. The summed E-state index contributed by atoms with van der Waals surface area (Å²) in [6, 6.07) is 16.4. The summed E-state index contributed by atoms with van der Waals surface area (Å²) in [5.41, 5.74) is 2.46. The predicted molar refractivity (Wildman–Crippen MR) is 131 cm³/mol. The minimum absolute atomic E-state index is 0.0497. The summed E-state index contributed by atoms with van der Waals surface area (Å²) in [5, 5.41) is 3.85. The van der Waals surface area contributed by atoms with E-state index in [-0.39, 0.29) is 18.0 Å². The van der Waals surface area contributed by atoms with Crippen molar-refractivity contribution in [1.29, 1.82) is 0 Å². The van der Waals surface area contributed by atoms with Gasteiger partial charge < -0.3 is 10.1 Å². The maximum absolute atomic E-state index is 14.2. The lowest BCUT2D eigenvalue weighted by atomic mass is 10.1. The van der Waals surface area contributed by atoms with Crippen LogP contribution >= 0.6 is 27.5 Å². The largest absolute Gasteiger partial charge is 0.497 e. The van der Waals surface area contributed by atoms with E-state index in [4.69, 9.17) is 16.3 Å². The number of methoxy groups -OCH3 is 1. The monoisotopic (exact) mass is 528 g/mol. The van der Waals surface area contributed by atoms with E-state index in [1.165, 1.54) is 12.1 Å². The number of rotatable bonds is 5. The molecule has 1 heterocycles. The van der Waals surface area contributed by atoms with Gasteiger partial charge in [0.25, 0.3) is 5.91 Å². The number of ether oxygens (including phenoxy) is 1. The van der Waals surface area contributed by atoms with Crippen LogP contribution in [0, 0.1) is 12.7 Å². The maximum atomic E-state index is 14.2. The summed E-state index contributed by atoms with van der Waals surface area (Å²) in [6.07, 6.45) is -0.0497. The molecule has 0 aliphatic heterocycles. The van der Waals surface area contributed by atoms with E-state index in [0.29, 0.717) is 43.0 Å². The number of hydrogen-bond donors (Lipinski definition) is 1. The molecule has 1 amide bonds. The van der Waals surface area contributed by atoms with Crippen molar-refractivity contribution in [2.75, 3.05) is 12.4 Å². The summed E-state index contributed by atoms with van der Waals surface area (Å²) >= 11 is 9.16. The second-order valence-corrected chi connectivity index (χ2v) is 8.80. The van der Waals surface area contributed by atoms with Gasteiger partial charge in [0.1, 0.15) is 11.6 Å². The van der Waals surface area contributed by atoms with Crippen LogP contribution in [0.3, 0.4) is 0 Å². The van der Waals surface area contributed by atoms with Crippen molar-refractivity contribution in [2.45, 2.75) is 13.3 Å². The first-order valence-electron chi connectivity index (χ1n) is 10.0. The zero-order valence-corrected chi connectivity index (χ0v) is 20.1. The Morgan fingerprint density at radius 2 is 1.82 bits per heavy atom. The average Bonchev–Trinajstić information content (AvgIpc) is 3.06. The van der Waals surface area contributed by atoms with E-state index in [2.05, 4.69) is 21.2 Å². The predicted octanol–water partition coefficient (Wildman–Crippen LogP) is 6.38. The van der Waals surface area contributed by atoms with Crippen molar-refractivity contribution in [3.05, 3.63) is 92.8 Å². The number of carbonyl (C=O) groups is 2. The fraction of sp³-hybridized carbons (Fsp3) is 0.120. The van der Waals surface area contributed by atoms with E-state index in [1.807, 2.05) is 0 Å². The highest BCUT2D eigenvalue weighted by Crippen LogP contribution is 2.31. The maximum Gasteiger partial charge on any atom is 0.262 e. The highest BCUT2D eigenvalue weighted by Gasteiger charge is 2.22. The van der Waals surface area contributed by atoms with Crippen LogP contribution in [0.5, 0.6) is 5.75 Å². The van der Waals surface area contributed by atoms with Gasteiger partial charge in [0.15, 0.2) is 0 Å². The number of benzene rings is 3. The Morgan fingerprint density at radius 1 is 1.09 bits per heavy atom. The molecule has 0 atom stereocenters. The molecule has 0 spiro atoms. The Kier molecular flexibility index (Phi) is 6.54. The molecule has 0 unspecified atom stereocenters. The molecular formula is C25H19BrClFN2O3. The zero-order valence-electron chi connectivity index (χ0n) is 17.8. The number of halogens is 3. The molecule has 1 aromatic heterocycles. The number of fused-ring (bicyclic) bond motifs is 1. The molecule has 0 fully saturated rings. The van der Waals surface area contributed by atoms with Crippen LogP contribution in [0.2, 0.25) is 5.02 Å². The van der Waals surface area contributed by atoms with Crippen LogP contribution in [-0.4, -0.2) is 23.5 Å². The van der Waals surface area contributed by atoms with Crippen LogP contribution in [0.25, 0.3) is 10.9 Å². The first kappa shape index (κ1) is 23.0. The number of anilines is 1. The van der Waals surface area contributed by atoms with E-state index in [9.17, 15) is 14.0 Å². The summed E-state index contributed by atoms with van der Waals surface area (Å²) in [7, 11) is 1.55. The fourth-order valence-electron chi connectivity index (χ4n) is 3.74. The zero-order chi connectivity index (χ0) is 23.7. The van der Waals surface area contributed by atoms with Gasteiger partial charge in [-0.2, -0.15) is 0 Å². The van der Waals surface area contributed by atoms with Gasteiger partial charge in [0.2, 0.25) is 5.91 Å². The SMILES string of the molecule is COc1ccc2c(c1)c(CC(=O)Nc1ccc(Br)cc1F)c(C)n2C(=O)c1ccc(Cl)cc1. The second-order valence-electron chi connectivity index (χ2n) is 7.44. The molecule has 0 bridgehead atoms. The van der Waals surface area contributed by atoms with Gasteiger partial charge in [-0.1, -0.05) is 27.5 Å². The quantitative estimate of drug-likeness (QED) is 0.326. The number of nitrogens with zero attached hydrogens (tertiary/aromatic N) is 1. The minimum atomic E-state index is -0.545. The molecule has 4 rings (SSSR count). The lowest BCUT2D eigenvalue weighted by Crippen LogP contribution is -2.17. The fourth-order valence-corrected chi connectivity index (χ4v) is 4.20. The van der Waals surface area contributed by atoms with E-state index < -0.39 is 11.7 Å². The Hall–Kier alpha value is -3.16. The summed E-state index contributed by atoms with van der Waals surface area (Å²) in [6.45, 7) is 1.78. The molecule has 0 radical (unpaired) electrons. The number of amides is 1. The molecule has 3 aromatic carbocycles. The lowest BCUT2D eigenvalue weighted by Gasteiger charge is -2.09. The molecule has 5 nitrogen and oxygen atoms in total. The molecule has 168 valence electrons. The second kappa shape index (κ2) is 9.37. The number of aromatic nitrogens is 1. The van der Waals surface area contributed by atoms with Crippen molar-refractivity contribution < 1.29 is 18.7 Å². The Bertz CT molecular complexity index is 1380. The Morgan fingerprint density at radius 3 is 2.48 bits per heavy atom. The topological polar surface area (TPSA) is 60.3 Å². The first-order chi connectivity index (χ1) is 15.8. The molecule has 0 aliphatic rings. The average molecular weight is 530 g/mol. The van der Waals surface area contributed by atoms with Crippen LogP contribution in [0.4, 0.5) is 10.1 Å². The molecule has 8 heteroatoms. The smallest absolute Gasteiger partial charge is 0.262 e. The van der Waals surface area contributed by atoms with Gasteiger partial charge >= 0.3 is 0 Å². The Balaban J connectivity index is 1.75. The van der Waals surface area contributed by atoms with Crippen molar-refractivity contribution in [1.82, 2.24) is 4.57 Å². The van der Waals surface area contributed by atoms with Crippen LogP contribution in [0.15, 0.2) is 65.1 Å². The van der Waals surface area contributed by atoms with Crippen LogP contribution in [0.1, 0.15) is 21.6 Å². The molecule has 1 N–H and O–H groups in total. The number of nitrogens with one attached hydrogen (secondary N) is 1. The normalized spacial score (nSPS) is 10.9. The van der Waals surface area contributed by atoms with Crippen molar-refractivity contribution in [2.24, 2.45) is 0 Å². The van der Waals surface area contributed by atoms with Crippen molar-refractivity contribution in [3.63, 3.8) is 0 Å². The Labute approximate surface area is 203 Å². The third kappa shape index (κ3) is 4.65. The standard InChI is InChI=1S/C25H19BrClFN2O3/c1-14-19(13-24(31)29-22-9-5-16(26)11-21(22)28)20-12-18(33-2)8-10-23(20)30(14)25(32)15-3-6-17(27)7-4-15/h3-12H,13H2,1-2H3,(H,29,31). The third-order valence-corrected chi connectivity index (χ3v) is 6.12. The van der Waals surface area contributed by atoms with Gasteiger partial charge in [-0.3, -0.25) is 14.2 Å². The lowest BCUT2D eigenvalue weighted by molar-refractivity contribution is -0.115. The first-order valence-corrected chi connectivity index (χ1v) is 11.2. The molecule has 0 saturated carbocycles. The van der Waals surface area contributed by atoms with Gasteiger partial charge in [-0.05, 0) is 73.2 Å². The van der Waals surface area contributed by atoms with Gasteiger partial charge in [-0.25, -0.2) is 4.39 Å². The highest BCUT2D eigenvalue weighted by atomic mass is 79.9. The highest BCUT2D eigenvalue weighted by molar-refractivity contribution is 9.10. The summed E-state index contributed by atoms with van der Waals surface area (Å²) in [5.74, 6) is -0.597. The van der Waals surface area contributed by atoms with E-state index in [1.54, 1.807) is 67.1 Å². The molecule has 0 aliphatic carbocycles. The van der Waals surface area contributed by atoms with Crippen molar-refractivity contribution in [3.8, 4) is 5.75 Å².